The van der Waals surface area contributed by atoms with Gasteiger partial charge in [0.15, 0.2) is 0 Å². The predicted molar refractivity (Wildman–Crippen MR) is 61.4 cm³/mol. The van der Waals surface area contributed by atoms with Crippen molar-refractivity contribution < 1.29 is 14.3 Å². The van der Waals surface area contributed by atoms with Crippen molar-refractivity contribution in [3.63, 3.8) is 0 Å². The topological polar surface area (TPSA) is 66.2 Å². The van der Waals surface area contributed by atoms with Crippen LogP contribution < -0.4 is 0 Å². The van der Waals surface area contributed by atoms with E-state index in [2.05, 4.69) is 15.0 Å². The van der Waals surface area contributed by atoms with Gasteiger partial charge in [-0.3, -0.25) is 0 Å². The van der Waals surface area contributed by atoms with E-state index >= 15 is 0 Å². The minimum atomic E-state index is -0.401. The second kappa shape index (κ2) is 4.33. The van der Waals surface area contributed by atoms with Crippen molar-refractivity contribution in [1.29, 1.82) is 0 Å². The SMILES string of the molecule is O=C1C=C(c2cccc(-n3ccnn3)c2)OCO1. The lowest BCUT2D eigenvalue weighted by atomic mass is 10.1. The number of carbonyl (C=O) groups excluding carboxylic acids is 1. The van der Waals surface area contributed by atoms with Crippen molar-refractivity contribution in [2.45, 2.75) is 0 Å². The lowest BCUT2D eigenvalue weighted by Crippen LogP contribution is -2.12. The molecule has 0 atom stereocenters. The molecule has 0 aliphatic carbocycles. The van der Waals surface area contributed by atoms with Crippen LogP contribution in [0.4, 0.5) is 0 Å². The summed E-state index contributed by atoms with van der Waals surface area (Å²) in [5.74, 6) is 0.0932. The Morgan fingerprint density at radius 2 is 2.22 bits per heavy atom. The van der Waals surface area contributed by atoms with Crippen LogP contribution >= 0.6 is 0 Å². The maximum Gasteiger partial charge on any atom is 0.337 e. The van der Waals surface area contributed by atoms with Crippen LogP contribution in [0.25, 0.3) is 11.4 Å². The molecule has 0 amide bonds. The Morgan fingerprint density at radius 1 is 1.28 bits per heavy atom. The number of rotatable bonds is 2. The Bertz CT molecular complexity index is 605. The number of cyclic esters (lactones) is 1. The van der Waals surface area contributed by atoms with E-state index < -0.39 is 5.97 Å². The van der Waals surface area contributed by atoms with E-state index in [4.69, 9.17) is 4.74 Å². The Kier molecular flexibility index (Phi) is 2.53. The first-order valence-electron chi connectivity index (χ1n) is 5.31. The lowest BCUT2D eigenvalue weighted by molar-refractivity contribution is -0.148. The molecule has 6 nitrogen and oxygen atoms in total. The average Bonchev–Trinajstić information content (AvgIpc) is 2.93. The minimum absolute atomic E-state index is 0.0573. The molecule has 1 aliphatic rings. The molecule has 1 aromatic heterocycles. The molecular formula is C12H9N3O3. The summed E-state index contributed by atoms with van der Waals surface area (Å²) in [5, 5.41) is 7.65. The molecule has 90 valence electrons. The molecule has 0 unspecified atom stereocenters. The number of nitrogens with zero attached hydrogens (tertiary/aromatic N) is 3. The molecule has 0 fully saturated rings. The molecule has 0 bridgehead atoms. The highest BCUT2D eigenvalue weighted by atomic mass is 16.7. The lowest BCUT2D eigenvalue weighted by Gasteiger charge is -2.15. The molecule has 0 spiro atoms. The van der Waals surface area contributed by atoms with E-state index in [1.165, 1.54) is 6.08 Å². The summed E-state index contributed by atoms with van der Waals surface area (Å²) in [6.45, 7) is -0.0573. The average molecular weight is 243 g/mol. The van der Waals surface area contributed by atoms with Crippen molar-refractivity contribution >= 4 is 11.7 Å². The van der Waals surface area contributed by atoms with Gasteiger partial charge in [-0.2, -0.15) is 0 Å². The smallest absolute Gasteiger partial charge is 0.337 e. The van der Waals surface area contributed by atoms with Gasteiger partial charge in [-0.25, -0.2) is 9.48 Å². The number of aromatic nitrogens is 3. The van der Waals surface area contributed by atoms with Gasteiger partial charge in [0.25, 0.3) is 0 Å². The van der Waals surface area contributed by atoms with Gasteiger partial charge in [0.2, 0.25) is 6.79 Å². The second-order valence-electron chi connectivity index (χ2n) is 3.63. The molecule has 18 heavy (non-hydrogen) atoms. The summed E-state index contributed by atoms with van der Waals surface area (Å²) in [6, 6.07) is 7.46. The maximum absolute atomic E-state index is 11.2. The molecule has 1 aliphatic heterocycles. The summed E-state index contributed by atoms with van der Waals surface area (Å²) in [7, 11) is 0. The molecule has 3 rings (SSSR count). The normalized spacial score (nSPS) is 14.7. The standard InChI is InChI=1S/C12H9N3O3/c16-12-7-11(17-8-18-12)9-2-1-3-10(6-9)15-5-4-13-14-15/h1-7H,8H2. The van der Waals surface area contributed by atoms with Crippen molar-refractivity contribution in [3.8, 4) is 5.69 Å². The van der Waals surface area contributed by atoms with Crippen LogP contribution in [0.3, 0.4) is 0 Å². The zero-order valence-corrected chi connectivity index (χ0v) is 9.31. The zero-order valence-electron chi connectivity index (χ0n) is 9.31. The number of carbonyl (C=O) groups is 1. The molecule has 0 saturated heterocycles. The van der Waals surface area contributed by atoms with Gasteiger partial charge >= 0.3 is 5.97 Å². The molecular weight excluding hydrogens is 234 g/mol. The van der Waals surface area contributed by atoms with Gasteiger partial charge in [-0.1, -0.05) is 17.3 Å². The number of ether oxygens (including phenoxy) is 2. The fourth-order valence-corrected chi connectivity index (χ4v) is 1.66. The Balaban J connectivity index is 1.99. The van der Waals surface area contributed by atoms with Crippen molar-refractivity contribution in [3.05, 3.63) is 48.3 Å². The van der Waals surface area contributed by atoms with Gasteiger partial charge < -0.3 is 9.47 Å². The summed E-state index contributed by atoms with van der Waals surface area (Å²) >= 11 is 0. The zero-order chi connectivity index (χ0) is 12.4. The van der Waals surface area contributed by atoms with Crippen LogP contribution in [0.2, 0.25) is 0 Å². The predicted octanol–water partition coefficient (Wildman–Crippen LogP) is 1.14. The third-order valence-corrected chi connectivity index (χ3v) is 2.48. The highest BCUT2D eigenvalue weighted by Gasteiger charge is 2.13. The number of hydrogen-bond acceptors (Lipinski definition) is 5. The monoisotopic (exact) mass is 243 g/mol. The largest absolute Gasteiger partial charge is 0.456 e. The first kappa shape index (κ1) is 10.5. The van der Waals surface area contributed by atoms with E-state index in [1.54, 1.807) is 17.1 Å². The molecule has 1 aromatic carbocycles. The van der Waals surface area contributed by atoms with Crippen molar-refractivity contribution in [1.82, 2.24) is 15.0 Å². The quantitative estimate of drug-likeness (QED) is 0.740. The van der Waals surface area contributed by atoms with Crippen LogP contribution in [0.5, 0.6) is 0 Å². The first-order valence-corrected chi connectivity index (χ1v) is 5.31. The number of esters is 1. The van der Waals surface area contributed by atoms with Crippen LogP contribution in [0.15, 0.2) is 42.7 Å². The fraction of sp³-hybridized carbons (Fsp3) is 0.0833. The fourth-order valence-electron chi connectivity index (χ4n) is 1.66. The molecule has 0 radical (unpaired) electrons. The highest BCUT2D eigenvalue weighted by molar-refractivity contribution is 5.90. The van der Waals surface area contributed by atoms with Crippen molar-refractivity contribution in [2.75, 3.05) is 6.79 Å². The molecule has 2 aromatic rings. The van der Waals surface area contributed by atoms with E-state index in [0.717, 1.165) is 11.3 Å². The third-order valence-electron chi connectivity index (χ3n) is 2.48. The minimum Gasteiger partial charge on any atom is -0.456 e. The van der Waals surface area contributed by atoms with Gasteiger partial charge in [-0.15, -0.1) is 5.10 Å². The second-order valence-corrected chi connectivity index (χ2v) is 3.63. The van der Waals surface area contributed by atoms with E-state index in [1.807, 2.05) is 24.3 Å². The summed E-state index contributed by atoms with van der Waals surface area (Å²) < 4.78 is 11.6. The van der Waals surface area contributed by atoms with E-state index in [9.17, 15) is 4.79 Å². The highest BCUT2D eigenvalue weighted by Crippen LogP contribution is 2.21. The Hall–Kier alpha value is -2.63. The van der Waals surface area contributed by atoms with Gasteiger partial charge in [0.05, 0.1) is 24.2 Å². The Labute approximate surface area is 102 Å². The molecule has 2 heterocycles. The summed E-state index contributed by atoms with van der Waals surface area (Å²) in [4.78, 5) is 11.2. The summed E-state index contributed by atoms with van der Waals surface area (Å²) in [5.41, 5.74) is 1.63. The molecule has 0 saturated carbocycles. The van der Waals surface area contributed by atoms with E-state index in [-0.39, 0.29) is 6.79 Å². The van der Waals surface area contributed by atoms with E-state index in [0.29, 0.717) is 5.76 Å². The van der Waals surface area contributed by atoms with Gasteiger partial charge in [0, 0.05) is 5.56 Å². The molecule has 6 heteroatoms. The van der Waals surface area contributed by atoms with Crippen molar-refractivity contribution in [2.24, 2.45) is 0 Å². The number of benzene rings is 1. The van der Waals surface area contributed by atoms with Crippen LogP contribution in [0, 0.1) is 0 Å². The number of hydrogen-bond donors (Lipinski definition) is 0. The molecule has 0 N–H and O–H groups in total. The van der Waals surface area contributed by atoms with Crippen LogP contribution in [-0.2, 0) is 14.3 Å². The van der Waals surface area contributed by atoms with Crippen LogP contribution in [0.1, 0.15) is 5.56 Å². The van der Waals surface area contributed by atoms with Gasteiger partial charge in [0.1, 0.15) is 5.76 Å². The van der Waals surface area contributed by atoms with Crippen LogP contribution in [-0.4, -0.2) is 27.8 Å². The third kappa shape index (κ3) is 1.95. The Morgan fingerprint density at radius 3 is 3.00 bits per heavy atom. The first-order chi connectivity index (χ1) is 8.83. The van der Waals surface area contributed by atoms with Gasteiger partial charge in [-0.05, 0) is 12.1 Å². The maximum atomic E-state index is 11.2. The summed E-state index contributed by atoms with van der Waals surface area (Å²) in [6.07, 6.45) is 4.66.